The fourth-order valence-corrected chi connectivity index (χ4v) is 2.56. The van der Waals surface area contributed by atoms with Crippen LogP contribution >= 0.6 is 0 Å². The average Bonchev–Trinajstić information content (AvgIpc) is 2.71. The molecule has 114 valence electrons. The van der Waals surface area contributed by atoms with Crippen LogP contribution < -0.4 is 0 Å². The molecule has 6 heteroatoms. The van der Waals surface area contributed by atoms with Crippen LogP contribution in [-0.4, -0.2) is 57.4 Å². The first-order chi connectivity index (χ1) is 9.12. The van der Waals surface area contributed by atoms with E-state index in [-0.39, 0.29) is 24.3 Å². The Balaban J connectivity index is 2.89. The molecule has 0 saturated carbocycles. The summed E-state index contributed by atoms with van der Waals surface area (Å²) in [6.07, 6.45) is 0.170. The summed E-state index contributed by atoms with van der Waals surface area (Å²) in [7, 11) is 0. The summed E-state index contributed by atoms with van der Waals surface area (Å²) in [5, 5.41) is 9.26. The first-order valence-electron chi connectivity index (χ1n) is 6.97. The molecule has 0 aliphatic carbocycles. The van der Waals surface area contributed by atoms with Gasteiger partial charge < -0.3 is 14.9 Å². The van der Waals surface area contributed by atoms with Crippen LogP contribution in [0.2, 0.25) is 0 Å². The highest BCUT2D eigenvalue weighted by Crippen LogP contribution is 2.25. The fraction of sp³-hybridized carbons (Fsp3) is 0.786. The Morgan fingerprint density at radius 3 is 2.35 bits per heavy atom. The maximum Gasteiger partial charge on any atom is 0.329 e. The maximum atomic E-state index is 12.5. The molecule has 0 aromatic carbocycles. The summed E-state index contributed by atoms with van der Waals surface area (Å²) >= 11 is 0. The van der Waals surface area contributed by atoms with E-state index in [0.29, 0.717) is 13.1 Å². The van der Waals surface area contributed by atoms with E-state index in [1.807, 2.05) is 13.8 Å². The van der Waals surface area contributed by atoms with Crippen LogP contribution in [0.5, 0.6) is 0 Å². The van der Waals surface area contributed by atoms with Gasteiger partial charge in [-0.2, -0.15) is 0 Å². The number of likely N-dealkylation sites (N-methyl/N-ethyl adjacent to an activating group) is 1. The second-order valence-electron chi connectivity index (χ2n) is 5.99. The quantitative estimate of drug-likeness (QED) is 0.815. The number of nitrogens with zero attached hydrogens (tertiary/aromatic N) is 2. The Kier molecular flexibility index (Phi) is 4.78. The van der Waals surface area contributed by atoms with E-state index in [0.717, 1.165) is 0 Å². The monoisotopic (exact) mass is 284 g/mol. The van der Waals surface area contributed by atoms with Gasteiger partial charge in [-0.15, -0.1) is 0 Å². The molecule has 1 rings (SSSR count). The lowest BCUT2D eigenvalue weighted by atomic mass is 9.99. The van der Waals surface area contributed by atoms with Crippen LogP contribution in [0.25, 0.3) is 0 Å². The van der Waals surface area contributed by atoms with Crippen LogP contribution in [0.15, 0.2) is 0 Å². The molecule has 1 N–H and O–H groups in total. The first-order valence-corrected chi connectivity index (χ1v) is 6.97. The fourth-order valence-electron chi connectivity index (χ4n) is 2.56. The third kappa shape index (κ3) is 2.94. The molecule has 1 aliphatic rings. The largest absolute Gasteiger partial charge is 0.480 e. The van der Waals surface area contributed by atoms with Crippen molar-refractivity contribution >= 4 is 17.8 Å². The van der Waals surface area contributed by atoms with E-state index in [2.05, 4.69) is 0 Å². The lowest BCUT2D eigenvalue weighted by Crippen LogP contribution is -2.54. The highest BCUT2D eigenvalue weighted by molar-refractivity contribution is 5.92. The van der Waals surface area contributed by atoms with Crippen molar-refractivity contribution < 1.29 is 19.5 Å². The van der Waals surface area contributed by atoms with Gasteiger partial charge in [-0.05, 0) is 34.6 Å². The molecular weight excluding hydrogens is 260 g/mol. The van der Waals surface area contributed by atoms with E-state index in [1.165, 1.54) is 18.7 Å². The number of carboxylic acid groups (broad SMARTS) is 1. The Labute approximate surface area is 119 Å². The maximum absolute atomic E-state index is 12.5. The Morgan fingerprint density at radius 1 is 1.45 bits per heavy atom. The highest BCUT2D eigenvalue weighted by Gasteiger charge is 2.43. The van der Waals surface area contributed by atoms with Gasteiger partial charge in [0.25, 0.3) is 0 Å². The van der Waals surface area contributed by atoms with Crippen LogP contribution in [0.4, 0.5) is 0 Å². The topological polar surface area (TPSA) is 77.9 Å². The van der Waals surface area contributed by atoms with Gasteiger partial charge in [-0.3, -0.25) is 9.59 Å². The zero-order valence-corrected chi connectivity index (χ0v) is 12.8. The molecule has 20 heavy (non-hydrogen) atoms. The second kappa shape index (κ2) is 5.81. The molecule has 1 unspecified atom stereocenters. The summed E-state index contributed by atoms with van der Waals surface area (Å²) in [6, 6.07) is 0.0582. The zero-order chi connectivity index (χ0) is 15.7. The molecule has 0 spiro atoms. The standard InChI is InChI=1S/C14H24N2O4/c1-6-16(14(4,5)13(19)20)12(18)10-7-11(17)15(8-10)9(2)3/h9-10H,6-8H2,1-5H3,(H,19,20). The minimum absolute atomic E-state index is 0.0393. The van der Waals surface area contributed by atoms with E-state index >= 15 is 0 Å². The highest BCUT2D eigenvalue weighted by atomic mass is 16.4. The van der Waals surface area contributed by atoms with Crippen molar-refractivity contribution in [2.45, 2.75) is 52.6 Å². The van der Waals surface area contributed by atoms with Gasteiger partial charge in [-0.1, -0.05) is 0 Å². The number of hydrogen-bond acceptors (Lipinski definition) is 3. The lowest BCUT2D eigenvalue weighted by molar-refractivity contribution is -0.158. The Bertz CT molecular complexity index is 417. The average molecular weight is 284 g/mol. The van der Waals surface area contributed by atoms with E-state index in [9.17, 15) is 19.5 Å². The van der Waals surface area contributed by atoms with Crippen molar-refractivity contribution in [2.24, 2.45) is 5.92 Å². The number of aliphatic carboxylic acids is 1. The third-order valence-electron chi connectivity index (χ3n) is 3.91. The smallest absolute Gasteiger partial charge is 0.329 e. The summed E-state index contributed by atoms with van der Waals surface area (Å²) in [5.74, 6) is -1.78. The number of carbonyl (C=O) groups excluding carboxylic acids is 2. The van der Waals surface area contributed by atoms with Crippen molar-refractivity contribution in [2.75, 3.05) is 13.1 Å². The molecular formula is C14H24N2O4. The second-order valence-corrected chi connectivity index (χ2v) is 5.99. The van der Waals surface area contributed by atoms with Crippen LogP contribution in [-0.2, 0) is 14.4 Å². The van der Waals surface area contributed by atoms with Gasteiger partial charge >= 0.3 is 5.97 Å². The molecule has 0 aromatic heterocycles. The predicted octanol–water partition coefficient (Wildman–Crippen LogP) is 0.955. The first kappa shape index (κ1) is 16.5. The molecule has 1 saturated heterocycles. The van der Waals surface area contributed by atoms with Gasteiger partial charge in [0.15, 0.2) is 0 Å². The normalized spacial score (nSPS) is 19.6. The van der Waals surface area contributed by atoms with Gasteiger partial charge in [0, 0.05) is 25.6 Å². The van der Waals surface area contributed by atoms with Gasteiger partial charge in [-0.25, -0.2) is 4.79 Å². The molecule has 0 bridgehead atoms. The van der Waals surface area contributed by atoms with Crippen LogP contribution in [0.1, 0.15) is 41.0 Å². The van der Waals surface area contributed by atoms with Crippen molar-refractivity contribution in [1.29, 1.82) is 0 Å². The van der Waals surface area contributed by atoms with Crippen molar-refractivity contribution in [3.8, 4) is 0 Å². The number of rotatable bonds is 5. The van der Waals surface area contributed by atoms with Crippen molar-refractivity contribution in [3.05, 3.63) is 0 Å². The molecule has 0 aromatic rings. The van der Waals surface area contributed by atoms with E-state index in [4.69, 9.17) is 0 Å². The Hall–Kier alpha value is -1.59. The minimum Gasteiger partial charge on any atom is -0.480 e. The van der Waals surface area contributed by atoms with Gasteiger partial charge in [0.2, 0.25) is 11.8 Å². The number of hydrogen-bond donors (Lipinski definition) is 1. The van der Waals surface area contributed by atoms with Gasteiger partial charge in [0.05, 0.1) is 5.92 Å². The molecule has 6 nitrogen and oxygen atoms in total. The zero-order valence-electron chi connectivity index (χ0n) is 12.8. The Morgan fingerprint density at radius 2 is 2.00 bits per heavy atom. The van der Waals surface area contributed by atoms with Crippen LogP contribution in [0.3, 0.4) is 0 Å². The summed E-state index contributed by atoms with van der Waals surface area (Å²) < 4.78 is 0. The number of carboxylic acids is 1. The molecule has 2 amide bonds. The van der Waals surface area contributed by atoms with Gasteiger partial charge in [0.1, 0.15) is 5.54 Å². The predicted molar refractivity (Wildman–Crippen MR) is 74.1 cm³/mol. The summed E-state index contributed by atoms with van der Waals surface area (Å²) in [6.45, 7) is 9.26. The van der Waals surface area contributed by atoms with Crippen molar-refractivity contribution in [3.63, 3.8) is 0 Å². The van der Waals surface area contributed by atoms with E-state index < -0.39 is 17.4 Å². The third-order valence-corrected chi connectivity index (χ3v) is 3.91. The lowest BCUT2D eigenvalue weighted by Gasteiger charge is -2.36. The molecule has 1 aliphatic heterocycles. The number of likely N-dealkylation sites (tertiary alicyclic amines) is 1. The van der Waals surface area contributed by atoms with E-state index in [1.54, 1.807) is 11.8 Å². The molecule has 1 atom stereocenters. The molecule has 0 radical (unpaired) electrons. The minimum atomic E-state index is -1.26. The van der Waals surface area contributed by atoms with Crippen LogP contribution in [0, 0.1) is 5.92 Å². The number of carbonyl (C=O) groups is 3. The number of amides is 2. The van der Waals surface area contributed by atoms with Crippen molar-refractivity contribution in [1.82, 2.24) is 9.80 Å². The molecule has 1 heterocycles. The summed E-state index contributed by atoms with van der Waals surface area (Å²) in [4.78, 5) is 38.7. The molecule has 1 fully saturated rings. The summed E-state index contributed by atoms with van der Waals surface area (Å²) in [5.41, 5.74) is -1.26. The SMILES string of the molecule is CCN(C(=O)C1CC(=O)N(C(C)C)C1)C(C)(C)C(=O)O.